The Hall–Kier alpha value is -1.59. The Morgan fingerprint density at radius 1 is 1.33 bits per heavy atom. The van der Waals surface area contributed by atoms with E-state index in [1.807, 2.05) is 0 Å². The highest BCUT2D eigenvalue weighted by molar-refractivity contribution is 5.79. The summed E-state index contributed by atoms with van der Waals surface area (Å²) in [5.41, 5.74) is -0.304. The Morgan fingerprint density at radius 2 is 2.00 bits per heavy atom. The minimum absolute atomic E-state index is 0.0934. The fourth-order valence-corrected chi connectivity index (χ4v) is 1.63. The molecule has 1 aromatic carbocycles. The zero-order valence-corrected chi connectivity index (χ0v) is 10.4. The van der Waals surface area contributed by atoms with Gasteiger partial charge in [-0.3, -0.25) is 4.79 Å². The molecule has 5 nitrogen and oxygen atoms in total. The number of rotatable bonds is 6. The second-order valence-electron chi connectivity index (χ2n) is 4.34. The van der Waals surface area contributed by atoms with Crippen molar-refractivity contribution in [1.29, 1.82) is 0 Å². The van der Waals surface area contributed by atoms with Gasteiger partial charge in [-0.1, -0.05) is 19.1 Å². The number of benzene rings is 1. The van der Waals surface area contributed by atoms with Crippen LogP contribution in [0.3, 0.4) is 0 Å². The third-order valence-corrected chi connectivity index (χ3v) is 2.96. The molecule has 0 saturated carbocycles. The van der Waals surface area contributed by atoms with Crippen molar-refractivity contribution in [3.8, 4) is 5.75 Å². The Kier molecular flexibility index (Phi) is 5.12. The van der Waals surface area contributed by atoms with Crippen LogP contribution in [0.15, 0.2) is 24.3 Å². The molecule has 0 unspecified atom stereocenters. The second-order valence-corrected chi connectivity index (χ2v) is 4.34. The van der Waals surface area contributed by atoms with Gasteiger partial charge in [-0.15, -0.1) is 0 Å². The van der Waals surface area contributed by atoms with Gasteiger partial charge in [0.2, 0.25) is 5.91 Å². The van der Waals surface area contributed by atoms with Gasteiger partial charge in [0.15, 0.2) is 0 Å². The Bertz CT molecular complexity index is 393. The molecule has 1 amide bonds. The predicted molar refractivity (Wildman–Crippen MR) is 67.1 cm³/mol. The van der Waals surface area contributed by atoms with Crippen molar-refractivity contribution in [2.45, 2.75) is 25.3 Å². The van der Waals surface area contributed by atoms with Gasteiger partial charge in [-0.05, 0) is 24.1 Å². The number of aromatic hydroxyl groups is 1. The van der Waals surface area contributed by atoms with E-state index in [-0.39, 0.29) is 31.3 Å². The van der Waals surface area contributed by atoms with Crippen LogP contribution in [-0.4, -0.2) is 40.0 Å². The molecule has 0 saturated heterocycles. The van der Waals surface area contributed by atoms with Gasteiger partial charge in [0.25, 0.3) is 0 Å². The molecule has 4 N–H and O–H groups in total. The molecule has 0 radical (unpaired) electrons. The van der Waals surface area contributed by atoms with Crippen LogP contribution in [0.25, 0.3) is 0 Å². The van der Waals surface area contributed by atoms with E-state index in [2.05, 4.69) is 5.32 Å². The molecule has 0 atom stereocenters. The number of carbonyl (C=O) groups excluding carboxylic acids is 1. The normalized spacial score (nSPS) is 11.3. The molecule has 0 aliphatic carbocycles. The summed E-state index contributed by atoms with van der Waals surface area (Å²) in [6.07, 6.45) is 0.530. The highest BCUT2D eigenvalue weighted by Gasteiger charge is 2.28. The van der Waals surface area contributed by atoms with E-state index >= 15 is 0 Å². The summed E-state index contributed by atoms with van der Waals surface area (Å²) in [7, 11) is 0. The minimum Gasteiger partial charge on any atom is -0.508 e. The summed E-state index contributed by atoms with van der Waals surface area (Å²) in [4.78, 5) is 11.8. The van der Waals surface area contributed by atoms with E-state index in [0.717, 1.165) is 0 Å². The van der Waals surface area contributed by atoms with Crippen molar-refractivity contribution < 1.29 is 20.1 Å². The van der Waals surface area contributed by atoms with E-state index < -0.39 is 5.54 Å². The van der Waals surface area contributed by atoms with Crippen LogP contribution in [0.2, 0.25) is 0 Å². The van der Waals surface area contributed by atoms with E-state index in [9.17, 15) is 20.1 Å². The van der Waals surface area contributed by atoms with Crippen LogP contribution in [0, 0.1) is 0 Å². The number of nitrogens with one attached hydrogen (secondary N) is 1. The number of carbonyl (C=O) groups is 1. The second kappa shape index (κ2) is 6.37. The van der Waals surface area contributed by atoms with Gasteiger partial charge < -0.3 is 20.6 Å². The molecule has 0 aliphatic heterocycles. The van der Waals surface area contributed by atoms with Crippen molar-refractivity contribution in [3.63, 3.8) is 0 Å². The lowest BCUT2D eigenvalue weighted by Crippen LogP contribution is -2.54. The van der Waals surface area contributed by atoms with Crippen LogP contribution >= 0.6 is 0 Å². The monoisotopic (exact) mass is 253 g/mol. The summed E-state index contributed by atoms with van der Waals surface area (Å²) in [6.45, 7) is 1.15. The summed E-state index contributed by atoms with van der Waals surface area (Å²) in [6, 6.07) is 6.41. The highest BCUT2D eigenvalue weighted by atomic mass is 16.3. The third-order valence-electron chi connectivity index (χ3n) is 2.96. The smallest absolute Gasteiger partial charge is 0.225 e. The predicted octanol–water partition coefficient (Wildman–Crippen LogP) is 0.184. The third kappa shape index (κ3) is 3.72. The van der Waals surface area contributed by atoms with Gasteiger partial charge in [-0.25, -0.2) is 0 Å². The summed E-state index contributed by atoms with van der Waals surface area (Å²) >= 11 is 0. The van der Waals surface area contributed by atoms with Crippen LogP contribution in [0.1, 0.15) is 18.9 Å². The Balaban J connectivity index is 2.66. The summed E-state index contributed by atoms with van der Waals surface area (Å²) in [5, 5.41) is 30.4. The average molecular weight is 253 g/mol. The number of amides is 1. The first-order chi connectivity index (χ1) is 8.55. The maximum absolute atomic E-state index is 11.8. The van der Waals surface area contributed by atoms with Crippen LogP contribution in [0.5, 0.6) is 5.75 Å². The molecule has 1 aromatic rings. The van der Waals surface area contributed by atoms with Crippen LogP contribution < -0.4 is 5.32 Å². The number of aliphatic hydroxyl groups is 2. The van der Waals surface area contributed by atoms with Crippen LogP contribution in [-0.2, 0) is 11.2 Å². The zero-order valence-electron chi connectivity index (χ0n) is 10.4. The molecule has 0 heterocycles. The molecule has 0 fully saturated rings. The highest BCUT2D eigenvalue weighted by Crippen LogP contribution is 2.13. The lowest BCUT2D eigenvalue weighted by Gasteiger charge is -2.29. The van der Waals surface area contributed by atoms with Crippen molar-refractivity contribution in [2.24, 2.45) is 0 Å². The first-order valence-corrected chi connectivity index (χ1v) is 5.86. The molecular formula is C13H19NO4. The fourth-order valence-electron chi connectivity index (χ4n) is 1.63. The number of hydrogen-bond donors (Lipinski definition) is 4. The number of phenolic OH excluding ortho intramolecular Hbond substituents is 1. The van der Waals surface area contributed by atoms with Gasteiger partial charge >= 0.3 is 0 Å². The Labute approximate surface area is 106 Å². The zero-order chi connectivity index (χ0) is 13.6. The van der Waals surface area contributed by atoms with E-state index in [4.69, 9.17) is 0 Å². The van der Waals surface area contributed by atoms with Gasteiger partial charge in [0.1, 0.15) is 5.75 Å². The van der Waals surface area contributed by atoms with E-state index in [0.29, 0.717) is 12.0 Å². The molecule has 5 heteroatoms. The first-order valence-electron chi connectivity index (χ1n) is 5.86. The lowest BCUT2D eigenvalue weighted by molar-refractivity contribution is -0.123. The standard InChI is InChI=1S/C13H19NO4/c1-2-13(8-15,9-16)14-12(18)7-10-4-3-5-11(17)6-10/h3-6,15-17H,2,7-9H2,1H3,(H,14,18). The van der Waals surface area contributed by atoms with Gasteiger partial charge in [0.05, 0.1) is 25.2 Å². The summed E-state index contributed by atoms with van der Waals surface area (Å²) in [5.74, 6) is -0.197. The molecule has 1 rings (SSSR count). The first kappa shape index (κ1) is 14.5. The SMILES string of the molecule is CCC(CO)(CO)NC(=O)Cc1cccc(O)c1. The van der Waals surface area contributed by atoms with Crippen molar-refractivity contribution >= 4 is 5.91 Å². The minimum atomic E-state index is -0.978. The van der Waals surface area contributed by atoms with E-state index in [1.54, 1.807) is 19.1 Å². The van der Waals surface area contributed by atoms with Crippen LogP contribution in [0.4, 0.5) is 0 Å². The van der Waals surface area contributed by atoms with Crippen molar-refractivity contribution in [3.05, 3.63) is 29.8 Å². The van der Waals surface area contributed by atoms with E-state index in [1.165, 1.54) is 12.1 Å². The molecule has 0 bridgehead atoms. The fraction of sp³-hybridized carbons (Fsp3) is 0.462. The Morgan fingerprint density at radius 3 is 2.50 bits per heavy atom. The summed E-state index contributed by atoms with van der Waals surface area (Å²) < 4.78 is 0. The van der Waals surface area contributed by atoms with Gasteiger partial charge in [-0.2, -0.15) is 0 Å². The van der Waals surface area contributed by atoms with Gasteiger partial charge in [0, 0.05) is 0 Å². The molecular weight excluding hydrogens is 234 g/mol. The number of phenols is 1. The van der Waals surface area contributed by atoms with Crippen molar-refractivity contribution in [2.75, 3.05) is 13.2 Å². The largest absolute Gasteiger partial charge is 0.508 e. The average Bonchev–Trinajstić information content (AvgIpc) is 2.36. The molecule has 0 aliphatic rings. The molecule has 18 heavy (non-hydrogen) atoms. The van der Waals surface area contributed by atoms with Crippen molar-refractivity contribution in [1.82, 2.24) is 5.32 Å². The quantitative estimate of drug-likeness (QED) is 0.582. The molecule has 100 valence electrons. The number of aliphatic hydroxyl groups excluding tert-OH is 2. The maximum Gasteiger partial charge on any atom is 0.225 e. The lowest BCUT2D eigenvalue weighted by atomic mass is 9.98. The molecule has 0 aromatic heterocycles. The molecule has 0 spiro atoms. The topological polar surface area (TPSA) is 89.8 Å². The maximum atomic E-state index is 11.8. The number of hydrogen-bond acceptors (Lipinski definition) is 4.